The molecule has 0 aliphatic heterocycles. The molecule has 0 radical (unpaired) electrons. The SMILES string of the molecule is CC(C)Cc1ccc(C(C)C(=O)O)cc1.N[C@@H](C=O)[C@@H](O)[C@H](O)[C@H](O)CO.O=S(=O)(O)O. The molecule has 0 aliphatic rings. The molecule has 0 bridgehead atoms. The van der Waals surface area contributed by atoms with Crippen LogP contribution in [-0.2, 0) is 26.4 Å². The number of rotatable bonds is 9. The minimum atomic E-state index is -4.67. The van der Waals surface area contributed by atoms with Gasteiger partial charge >= 0.3 is 16.4 Å². The van der Waals surface area contributed by atoms with Gasteiger partial charge in [0.25, 0.3) is 0 Å². The van der Waals surface area contributed by atoms with E-state index in [-0.39, 0.29) is 6.29 Å². The number of benzene rings is 1. The van der Waals surface area contributed by atoms with Crippen LogP contribution in [0.1, 0.15) is 37.8 Å². The summed E-state index contributed by atoms with van der Waals surface area (Å²) < 4.78 is 31.6. The lowest BCUT2D eigenvalue weighted by atomic mass is 9.97. The third kappa shape index (κ3) is 15.8. The lowest BCUT2D eigenvalue weighted by Gasteiger charge is -2.23. The summed E-state index contributed by atoms with van der Waals surface area (Å²) in [6.45, 7) is 5.35. The average molecular weight is 484 g/mol. The molecule has 5 atom stereocenters. The lowest BCUT2D eigenvalue weighted by Crippen LogP contribution is -2.49. The summed E-state index contributed by atoms with van der Waals surface area (Å²) in [7, 11) is -4.67. The zero-order valence-electron chi connectivity index (χ0n) is 18.0. The number of aliphatic carboxylic acids is 1. The number of carbonyl (C=O) groups is 2. The van der Waals surface area contributed by atoms with Crippen LogP contribution < -0.4 is 5.73 Å². The molecule has 1 aromatic carbocycles. The molecule has 9 N–H and O–H groups in total. The van der Waals surface area contributed by atoms with Crippen LogP contribution in [0.3, 0.4) is 0 Å². The summed E-state index contributed by atoms with van der Waals surface area (Å²) in [5, 5.41) is 44.0. The maximum absolute atomic E-state index is 10.8. The minimum absolute atomic E-state index is 0.248. The normalized spacial score (nSPS) is 15.7. The fourth-order valence-electron chi connectivity index (χ4n) is 2.20. The number of carboxylic acid groups (broad SMARTS) is 1. The van der Waals surface area contributed by atoms with Gasteiger partial charge in [-0.1, -0.05) is 38.1 Å². The summed E-state index contributed by atoms with van der Waals surface area (Å²) in [5.41, 5.74) is 7.18. The van der Waals surface area contributed by atoms with Crippen LogP contribution in [0.25, 0.3) is 0 Å². The Morgan fingerprint density at radius 2 is 1.47 bits per heavy atom. The Hall–Kier alpha value is -1.97. The van der Waals surface area contributed by atoms with Gasteiger partial charge in [0.1, 0.15) is 24.6 Å². The maximum Gasteiger partial charge on any atom is 0.394 e. The van der Waals surface area contributed by atoms with E-state index in [1.807, 2.05) is 24.3 Å². The third-order valence-electron chi connectivity index (χ3n) is 3.98. The first-order valence-corrected chi connectivity index (χ1v) is 10.8. The van der Waals surface area contributed by atoms with E-state index >= 15 is 0 Å². The molecule has 0 fully saturated rings. The van der Waals surface area contributed by atoms with E-state index in [2.05, 4.69) is 13.8 Å². The molecule has 0 saturated carbocycles. The van der Waals surface area contributed by atoms with Crippen LogP contribution in [0, 0.1) is 5.92 Å². The fourth-order valence-corrected chi connectivity index (χ4v) is 2.20. The highest BCUT2D eigenvalue weighted by molar-refractivity contribution is 7.79. The van der Waals surface area contributed by atoms with E-state index in [0.29, 0.717) is 5.92 Å². The summed E-state index contributed by atoms with van der Waals surface area (Å²) in [6, 6.07) is 6.61. The van der Waals surface area contributed by atoms with E-state index in [0.717, 1.165) is 12.0 Å². The van der Waals surface area contributed by atoms with E-state index in [9.17, 15) is 9.59 Å². The van der Waals surface area contributed by atoms with Gasteiger partial charge in [-0.05, 0) is 30.4 Å². The number of hydrogen-bond acceptors (Lipinski definition) is 9. The van der Waals surface area contributed by atoms with Crippen LogP contribution in [0.15, 0.2) is 24.3 Å². The maximum atomic E-state index is 10.8. The van der Waals surface area contributed by atoms with Gasteiger partial charge in [0.15, 0.2) is 0 Å². The molecule has 0 amide bonds. The van der Waals surface area contributed by atoms with Crippen LogP contribution in [0.4, 0.5) is 0 Å². The molecule has 0 heterocycles. The third-order valence-corrected chi connectivity index (χ3v) is 3.98. The van der Waals surface area contributed by atoms with Crippen LogP contribution in [-0.4, -0.2) is 86.3 Å². The van der Waals surface area contributed by atoms with E-state index < -0.39 is 53.2 Å². The van der Waals surface area contributed by atoms with Crippen molar-refractivity contribution in [1.29, 1.82) is 0 Å². The molecule has 1 aromatic rings. The molecule has 13 heteroatoms. The number of aliphatic hydroxyl groups excluding tert-OH is 4. The smallest absolute Gasteiger partial charge is 0.394 e. The monoisotopic (exact) mass is 483 g/mol. The van der Waals surface area contributed by atoms with Crippen molar-refractivity contribution < 1.29 is 52.6 Å². The second-order valence-corrected chi connectivity index (χ2v) is 8.19. The first kappa shape index (κ1) is 32.2. The standard InChI is InChI=1S/C13H18O2.C6H13NO5.H2O4S/c1-9(2)8-11-4-6-12(7-5-11)10(3)13(14)15;7-3(1-8)5(11)6(12)4(10)2-9;1-5(2,3)4/h4-7,9-10H,8H2,1-3H3,(H,14,15);1,3-6,9-12H,2,7H2;(H2,1,2,3,4)/t;3-,4+,5+,6+;/m.0./s1. The van der Waals surface area contributed by atoms with Crippen molar-refractivity contribution >= 4 is 22.7 Å². The minimum Gasteiger partial charge on any atom is -0.481 e. The van der Waals surface area contributed by atoms with Gasteiger partial charge in [0, 0.05) is 0 Å². The molecule has 1 rings (SSSR count). The first-order chi connectivity index (χ1) is 14.5. The van der Waals surface area contributed by atoms with Gasteiger partial charge in [0.05, 0.1) is 18.6 Å². The summed E-state index contributed by atoms with van der Waals surface area (Å²) in [4.78, 5) is 20.8. The van der Waals surface area contributed by atoms with Crippen LogP contribution in [0.5, 0.6) is 0 Å². The van der Waals surface area contributed by atoms with Gasteiger partial charge < -0.3 is 36.1 Å². The lowest BCUT2D eigenvalue weighted by molar-refractivity contribution is -0.138. The van der Waals surface area contributed by atoms with E-state index in [1.165, 1.54) is 5.56 Å². The van der Waals surface area contributed by atoms with Crippen molar-refractivity contribution in [3.05, 3.63) is 35.4 Å². The zero-order valence-corrected chi connectivity index (χ0v) is 18.8. The Morgan fingerprint density at radius 3 is 1.78 bits per heavy atom. The van der Waals surface area contributed by atoms with Crippen LogP contribution >= 0.6 is 0 Å². The largest absolute Gasteiger partial charge is 0.481 e. The summed E-state index contributed by atoms with van der Waals surface area (Å²) in [5.74, 6) is -0.558. The fraction of sp³-hybridized carbons (Fsp3) is 0.579. The number of aldehydes is 1. The highest BCUT2D eigenvalue weighted by atomic mass is 32.3. The number of nitrogens with two attached hydrogens (primary N) is 1. The van der Waals surface area contributed by atoms with Gasteiger partial charge in [-0.2, -0.15) is 8.42 Å². The molecule has 32 heavy (non-hydrogen) atoms. The van der Waals surface area contributed by atoms with E-state index in [1.54, 1.807) is 6.92 Å². The van der Waals surface area contributed by atoms with Gasteiger partial charge in [-0.3, -0.25) is 13.9 Å². The average Bonchev–Trinajstić information content (AvgIpc) is 2.70. The van der Waals surface area contributed by atoms with Crippen molar-refractivity contribution in [2.45, 2.75) is 57.5 Å². The van der Waals surface area contributed by atoms with E-state index in [4.69, 9.17) is 48.8 Å². The molecule has 12 nitrogen and oxygen atoms in total. The summed E-state index contributed by atoms with van der Waals surface area (Å²) in [6.07, 6.45) is -3.38. The van der Waals surface area contributed by atoms with Gasteiger partial charge in [-0.25, -0.2) is 0 Å². The highest BCUT2D eigenvalue weighted by Crippen LogP contribution is 2.17. The van der Waals surface area contributed by atoms with Crippen molar-refractivity contribution in [1.82, 2.24) is 0 Å². The number of hydrogen-bond donors (Lipinski definition) is 8. The zero-order chi connectivity index (χ0) is 25.6. The Morgan fingerprint density at radius 1 is 1.03 bits per heavy atom. The van der Waals surface area contributed by atoms with Gasteiger partial charge in [0.2, 0.25) is 0 Å². The highest BCUT2D eigenvalue weighted by Gasteiger charge is 2.28. The van der Waals surface area contributed by atoms with Crippen molar-refractivity contribution in [2.24, 2.45) is 11.7 Å². The molecular formula is C19H33NO11S. The quantitative estimate of drug-likeness (QED) is 0.156. The number of carbonyl (C=O) groups excluding carboxylic acids is 1. The van der Waals surface area contributed by atoms with Crippen molar-refractivity contribution in [3.63, 3.8) is 0 Å². The molecule has 1 unspecified atom stereocenters. The molecule has 0 aliphatic carbocycles. The molecule has 0 aromatic heterocycles. The predicted molar refractivity (Wildman–Crippen MR) is 114 cm³/mol. The van der Waals surface area contributed by atoms with Gasteiger partial charge in [-0.15, -0.1) is 0 Å². The van der Waals surface area contributed by atoms with Crippen LogP contribution in [0.2, 0.25) is 0 Å². The first-order valence-electron chi connectivity index (χ1n) is 9.42. The van der Waals surface area contributed by atoms with Crippen molar-refractivity contribution in [3.8, 4) is 0 Å². The molecule has 0 saturated heterocycles. The predicted octanol–water partition coefficient (Wildman–Crippen LogP) is -0.992. The Balaban J connectivity index is 0. The second-order valence-electron chi connectivity index (χ2n) is 7.29. The van der Waals surface area contributed by atoms with Crippen molar-refractivity contribution in [2.75, 3.05) is 6.61 Å². The number of aliphatic hydroxyl groups is 4. The second kappa shape index (κ2) is 15.8. The molecule has 0 spiro atoms. The Bertz CT molecular complexity index is 760. The topological polar surface area (TPSA) is 236 Å². The molecule has 186 valence electrons. The Labute approximate surface area is 186 Å². The summed E-state index contributed by atoms with van der Waals surface area (Å²) >= 11 is 0. The molecular weight excluding hydrogens is 450 g/mol. The Kier molecular flexibility index (Phi) is 15.9. The number of carboxylic acids is 1.